The van der Waals surface area contributed by atoms with Crippen molar-refractivity contribution in [2.24, 2.45) is 0 Å². The molecule has 2 N–H and O–H groups in total. The lowest BCUT2D eigenvalue weighted by Gasteiger charge is -2.39. The Morgan fingerprint density at radius 3 is 1.52 bits per heavy atom. The number of hydrogen-bond acceptors (Lipinski definition) is 3. The molecule has 4 rings (SSSR count). The molecular weight excluding hydrogens is 336 g/mol. The van der Waals surface area contributed by atoms with Gasteiger partial charge >= 0.3 is 0 Å². The number of hydroxylamine groups is 1. The summed E-state index contributed by atoms with van der Waals surface area (Å²) >= 11 is 0. The summed E-state index contributed by atoms with van der Waals surface area (Å²) in [4.78, 5) is 17.8. The van der Waals surface area contributed by atoms with Gasteiger partial charge in [-0.25, -0.2) is 5.48 Å². The summed E-state index contributed by atoms with van der Waals surface area (Å²) in [5.41, 5.74) is 5.00. The van der Waals surface area contributed by atoms with Crippen molar-refractivity contribution < 1.29 is 9.63 Å². The standard InChI is InChI=1S/C23H22N2O2/c1-17-21(22(26)25-27-17)24-23(18-11-5-2-6-12-18,19-13-7-3-8-14-19)20-15-9-4-10-16-20/h2-17,21,24H,1H3,(H,25,26)/t17-,21+/m0/s1. The smallest absolute Gasteiger partial charge is 0.263 e. The van der Waals surface area contributed by atoms with Crippen molar-refractivity contribution in [2.45, 2.75) is 24.6 Å². The molecule has 0 unspecified atom stereocenters. The van der Waals surface area contributed by atoms with Gasteiger partial charge in [-0.15, -0.1) is 0 Å². The van der Waals surface area contributed by atoms with E-state index in [9.17, 15) is 4.79 Å². The molecule has 0 aliphatic carbocycles. The molecule has 1 aliphatic heterocycles. The van der Waals surface area contributed by atoms with Gasteiger partial charge in [-0.05, 0) is 23.6 Å². The highest BCUT2D eigenvalue weighted by molar-refractivity contribution is 5.83. The summed E-state index contributed by atoms with van der Waals surface area (Å²) in [7, 11) is 0. The molecule has 0 radical (unpaired) electrons. The van der Waals surface area contributed by atoms with Gasteiger partial charge < -0.3 is 0 Å². The van der Waals surface area contributed by atoms with Crippen LogP contribution < -0.4 is 10.8 Å². The maximum Gasteiger partial charge on any atom is 0.263 e. The number of carbonyl (C=O) groups is 1. The van der Waals surface area contributed by atoms with Crippen molar-refractivity contribution in [3.05, 3.63) is 108 Å². The van der Waals surface area contributed by atoms with Crippen LogP contribution in [0.4, 0.5) is 0 Å². The first kappa shape index (κ1) is 17.5. The highest BCUT2D eigenvalue weighted by atomic mass is 16.7. The van der Waals surface area contributed by atoms with Gasteiger partial charge in [0.1, 0.15) is 12.1 Å². The average Bonchev–Trinajstić information content (AvgIpc) is 3.05. The molecule has 3 aromatic carbocycles. The summed E-state index contributed by atoms with van der Waals surface area (Å²) in [5.74, 6) is -0.158. The zero-order valence-corrected chi connectivity index (χ0v) is 15.1. The Morgan fingerprint density at radius 1 is 0.778 bits per heavy atom. The van der Waals surface area contributed by atoms with Gasteiger partial charge in [-0.3, -0.25) is 14.9 Å². The van der Waals surface area contributed by atoms with Gasteiger partial charge in [-0.1, -0.05) is 91.0 Å². The normalized spacial score (nSPS) is 19.7. The van der Waals surface area contributed by atoms with E-state index >= 15 is 0 Å². The molecule has 1 fully saturated rings. The Balaban J connectivity index is 1.96. The van der Waals surface area contributed by atoms with Gasteiger partial charge in [0, 0.05) is 0 Å². The number of amides is 1. The summed E-state index contributed by atoms with van der Waals surface area (Å²) in [5, 5.41) is 3.64. The van der Waals surface area contributed by atoms with Gasteiger partial charge in [0.2, 0.25) is 0 Å². The molecule has 3 aromatic rings. The Morgan fingerprint density at radius 2 is 1.19 bits per heavy atom. The summed E-state index contributed by atoms with van der Waals surface area (Å²) in [6, 6.07) is 30.2. The van der Waals surface area contributed by atoms with Crippen LogP contribution in [0.25, 0.3) is 0 Å². The highest BCUT2D eigenvalue weighted by Crippen LogP contribution is 2.37. The van der Waals surface area contributed by atoms with Crippen molar-refractivity contribution in [3.63, 3.8) is 0 Å². The second kappa shape index (κ2) is 7.35. The minimum absolute atomic E-state index is 0.158. The van der Waals surface area contributed by atoms with Gasteiger partial charge in [0.25, 0.3) is 5.91 Å². The molecule has 4 nitrogen and oxygen atoms in total. The fourth-order valence-corrected chi connectivity index (χ4v) is 3.73. The molecule has 2 atom stereocenters. The molecule has 1 saturated heterocycles. The highest BCUT2D eigenvalue weighted by Gasteiger charge is 2.44. The van der Waals surface area contributed by atoms with Crippen LogP contribution in [0.5, 0.6) is 0 Å². The van der Waals surface area contributed by atoms with Crippen LogP contribution in [0, 0.1) is 0 Å². The number of carbonyl (C=O) groups excluding carboxylic acids is 1. The summed E-state index contributed by atoms with van der Waals surface area (Å²) in [6.45, 7) is 1.89. The zero-order chi connectivity index (χ0) is 18.7. The maximum absolute atomic E-state index is 12.5. The number of hydrogen-bond donors (Lipinski definition) is 2. The lowest BCUT2D eigenvalue weighted by Crippen LogP contribution is -2.54. The Hall–Kier alpha value is -2.95. The van der Waals surface area contributed by atoms with E-state index in [4.69, 9.17) is 4.84 Å². The Kier molecular flexibility index (Phi) is 4.75. The predicted octanol–water partition coefficient (Wildman–Crippen LogP) is 3.39. The van der Waals surface area contributed by atoms with Gasteiger partial charge in [0.05, 0.1) is 5.54 Å². The fraction of sp³-hybridized carbons (Fsp3) is 0.174. The molecule has 136 valence electrons. The summed E-state index contributed by atoms with van der Waals surface area (Å²) in [6.07, 6.45) is -0.284. The molecular formula is C23H22N2O2. The quantitative estimate of drug-likeness (QED) is 0.688. The molecule has 0 aromatic heterocycles. The van der Waals surface area contributed by atoms with E-state index in [1.807, 2.05) is 61.5 Å². The van der Waals surface area contributed by atoms with Crippen LogP contribution in [0.1, 0.15) is 23.6 Å². The molecule has 0 spiro atoms. The van der Waals surface area contributed by atoms with Crippen LogP contribution in [0.2, 0.25) is 0 Å². The van der Waals surface area contributed by atoms with Crippen LogP contribution in [0.3, 0.4) is 0 Å². The molecule has 1 amide bonds. The molecule has 4 heteroatoms. The topological polar surface area (TPSA) is 50.4 Å². The maximum atomic E-state index is 12.5. The Labute approximate surface area is 159 Å². The van der Waals surface area contributed by atoms with Crippen LogP contribution in [-0.4, -0.2) is 18.1 Å². The van der Waals surface area contributed by atoms with Crippen LogP contribution in [-0.2, 0) is 15.2 Å². The third kappa shape index (κ3) is 3.14. The average molecular weight is 358 g/mol. The van der Waals surface area contributed by atoms with Crippen LogP contribution >= 0.6 is 0 Å². The van der Waals surface area contributed by atoms with Gasteiger partial charge in [0.15, 0.2) is 0 Å². The second-order valence-electron chi connectivity index (χ2n) is 6.76. The van der Waals surface area contributed by atoms with E-state index in [-0.39, 0.29) is 12.0 Å². The van der Waals surface area contributed by atoms with Crippen LogP contribution in [0.15, 0.2) is 91.0 Å². The number of benzene rings is 3. The van der Waals surface area contributed by atoms with Crippen molar-refractivity contribution in [1.29, 1.82) is 0 Å². The largest absolute Gasteiger partial charge is 0.286 e. The monoisotopic (exact) mass is 358 g/mol. The Bertz CT molecular complexity index is 801. The predicted molar refractivity (Wildman–Crippen MR) is 105 cm³/mol. The second-order valence-corrected chi connectivity index (χ2v) is 6.76. The molecule has 0 saturated carbocycles. The van der Waals surface area contributed by atoms with Crippen molar-refractivity contribution >= 4 is 5.91 Å². The van der Waals surface area contributed by atoms with E-state index in [0.717, 1.165) is 16.7 Å². The molecule has 0 bridgehead atoms. The van der Waals surface area contributed by atoms with Gasteiger partial charge in [-0.2, -0.15) is 0 Å². The van der Waals surface area contributed by atoms with E-state index in [1.54, 1.807) is 0 Å². The minimum Gasteiger partial charge on any atom is -0.286 e. The summed E-state index contributed by atoms with van der Waals surface area (Å²) < 4.78 is 0. The van der Waals surface area contributed by atoms with E-state index in [0.29, 0.717) is 0 Å². The number of rotatable bonds is 5. The number of nitrogens with one attached hydrogen (secondary N) is 2. The first-order chi connectivity index (χ1) is 13.2. The SMILES string of the molecule is C[C@@H]1ONC(=O)[C@@H]1NC(c1ccccc1)(c1ccccc1)c1ccccc1. The lowest BCUT2D eigenvalue weighted by atomic mass is 9.76. The van der Waals surface area contributed by atoms with Crippen molar-refractivity contribution in [1.82, 2.24) is 10.8 Å². The zero-order valence-electron chi connectivity index (χ0n) is 15.1. The third-order valence-corrected chi connectivity index (χ3v) is 5.09. The van der Waals surface area contributed by atoms with Crippen molar-refractivity contribution in [2.75, 3.05) is 0 Å². The third-order valence-electron chi connectivity index (χ3n) is 5.09. The van der Waals surface area contributed by atoms with E-state index in [2.05, 4.69) is 47.2 Å². The van der Waals surface area contributed by atoms with Crippen molar-refractivity contribution in [3.8, 4) is 0 Å². The van der Waals surface area contributed by atoms with E-state index < -0.39 is 11.6 Å². The first-order valence-corrected chi connectivity index (χ1v) is 9.11. The first-order valence-electron chi connectivity index (χ1n) is 9.11. The molecule has 1 aliphatic rings. The molecule has 1 heterocycles. The molecule has 27 heavy (non-hydrogen) atoms. The minimum atomic E-state index is -0.687. The van der Waals surface area contributed by atoms with E-state index in [1.165, 1.54) is 0 Å². The fourth-order valence-electron chi connectivity index (χ4n) is 3.73. The lowest BCUT2D eigenvalue weighted by molar-refractivity contribution is -0.125.